The van der Waals surface area contributed by atoms with Gasteiger partial charge in [0.15, 0.2) is 0 Å². The SMILES string of the molecule is C[C@H]1CN(C)c2ccccc2CN1CC(=O)NCc1ccc(F)cc1. The minimum absolute atomic E-state index is 0.0155. The lowest BCUT2D eigenvalue weighted by Crippen LogP contribution is -2.43. The van der Waals surface area contributed by atoms with Gasteiger partial charge in [0.05, 0.1) is 6.54 Å². The smallest absolute Gasteiger partial charge is 0.234 e. The van der Waals surface area contributed by atoms with Crippen LogP contribution in [0.4, 0.5) is 10.1 Å². The molecule has 1 heterocycles. The summed E-state index contributed by atoms with van der Waals surface area (Å²) in [5.74, 6) is -0.283. The van der Waals surface area contributed by atoms with Crippen molar-refractivity contribution in [1.82, 2.24) is 10.2 Å². The number of nitrogens with one attached hydrogen (secondary N) is 1. The quantitative estimate of drug-likeness (QED) is 0.929. The van der Waals surface area contributed by atoms with Gasteiger partial charge in [-0.2, -0.15) is 0 Å². The monoisotopic (exact) mass is 341 g/mol. The number of hydrogen-bond acceptors (Lipinski definition) is 3. The first-order valence-corrected chi connectivity index (χ1v) is 8.57. The summed E-state index contributed by atoms with van der Waals surface area (Å²) in [6, 6.07) is 14.8. The Kier molecular flexibility index (Phi) is 5.34. The van der Waals surface area contributed by atoms with E-state index >= 15 is 0 Å². The molecule has 1 N–H and O–H groups in total. The first-order chi connectivity index (χ1) is 12.0. The Hall–Kier alpha value is -2.40. The Morgan fingerprint density at radius 2 is 1.92 bits per heavy atom. The van der Waals surface area contributed by atoms with Crippen molar-refractivity contribution in [1.29, 1.82) is 0 Å². The van der Waals surface area contributed by atoms with Crippen LogP contribution < -0.4 is 10.2 Å². The van der Waals surface area contributed by atoms with Crippen molar-refractivity contribution in [3.63, 3.8) is 0 Å². The highest BCUT2D eigenvalue weighted by atomic mass is 19.1. The van der Waals surface area contributed by atoms with E-state index in [0.717, 1.165) is 18.7 Å². The number of nitrogens with zero attached hydrogens (tertiary/aromatic N) is 2. The third kappa shape index (κ3) is 4.37. The van der Waals surface area contributed by atoms with Crippen LogP contribution >= 0.6 is 0 Å². The highest BCUT2D eigenvalue weighted by molar-refractivity contribution is 5.78. The Balaban J connectivity index is 1.61. The summed E-state index contributed by atoms with van der Waals surface area (Å²) in [7, 11) is 2.09. The maximum atomic E-state index is 12.9. The van der Waals surface area contributed by atoms with Gasteiger partial charge >= 0.3 is 0 Å². The van der Waals surface area contributed by atoms with E-state index < -0.39 is 0 Å². The molecule has 1 aliphatic rings. The number of benzene rings is 2. The molecule has 25 heavy (non-hydrogen) atoms. The molecule has 2 aromatic carbocycles. The number of carbonyl (C=O) groups excluding carboxylic acids is 1. The van der Waals surface area contributed by atoms with E-state index in [-0.39, 0.29) is 17.8 Å². The number of likely N-dealkylation sites (N-methyl/N-ethyl adjacent to an activating group) is 1. The number of para-hydroxylation sites is 1. The zero-order valence-corrected chi connectivity index (χ0v) is 14.7. The molecular weight excluding hydrogens is 317 g/mol. The Bertz CT molecular complexity index is 732. The van der Waals surface area contributed by atoms with Crippen molar-refractivity contribution >= 4 is 11.6 Å². The van der Waals surface area contributed by atoms with E-state index in [1.54, 1.807) is 12.1 Å². The van der Waals surface area contributed by atoms with E-state index in [1.165, 1.54) is 23.4 Å². The first kappa shape index (κ1) is 17.4. The molecule has 132 valence electrons. The molecule has 0 aromatic heterocycles. The van der Waals surface area contributed by atoms with Gasteiger partial charge in [-0.1, -0.05) is 30.3 Å². The molecule has 0 fully saturated rings. The van der Waals surface area contributed by atoms with Crippen LogP contribution in [0.2, 0.25) is 0 Å². The van der Waals surface area contributed by atoms with Crippen LogP contribution in [0.5, 0.6) is 0 Å². The maximum absolute atomic E-state index is 12.9. The third-order valence-corrected chi connectivity index (χ3v) is 4.69. The number of fused-ring (bicyclic) bond motifs is 1. The maximum Gasteiger partial charge on any atom is 0.234 e. The predicted octanol–water partition coefficient (Wildman–Crippen LogP) is 2.78. The van der Waals surface area contributed by atoms with Crippen LogP contribution in [0.15, 0.2) is 48.5 Å². The molecule has 3 rings (SSSR count). The van der Waals surface area contributed by atoms with Crippen LogP contribution in [0, 0.1) is 5.82 Å². The zero-order valence-electron chi connectivity index (χ0n) is 14.7. The number of anilines is 1. The molecule has 1 atom stereocenters. The van der Waals surface area contributed by atoms with Gasteiger partial charge in [0, 0.05) is 38.4 Å². The van der Waals surface area contributed by atoms with Crippen molar-refractivity contribution in [3.8, 4) is 0 Å². The summed E-state index contributed by atoms with van der Waals surface area (Å²) < 4.78 is 12.9. The Labute approximate surface area is 148 Å². The molecule has 2 aromatic rings. The van der Waals surface area contributed by atoms with Gasteiger partial charge in [-0.25, -0.2) is 4.39 Å². The molecule has 1 amide bonds. The lowest BCUT2D eigenvalue weighted by molar-refractivity contribution is -0.123. The average Bonchev–Trinajstić information content (AvgIpc) is 2.71. The van der Waals surface area contributed by atoms with Crippen LogP contribution in [-0.2, 0) is 17.9 Å². The van der Waals surface area contributed by atoms with Gasteiger partial charge < -0.3 is 10.2 Å². The minimum atomic E-state index is -0.267. The summed E-state index contributed by atoms with van der Waals surface area (Å²) in [4.78, 5) is 16.8. The molecule has 5 heteroatoms. The standard InChI is InChI=1S/C20H24FN3O/c1-15-12-23(2)19-6-4-3-5-17(19)13-24(15)14-20(25)22-11-16-7-9-18(21)10-8-16/h3-10,15H,11-14H2,1-2H3,(H,22,25)/t15-/m0/s1. The normalized spacial score (nSPS) is 17.7. The molecule has 0 radical (unpaired) electrons. The van der Waals surface area contributed by atoms with Crippen LogP contribution in [0.1, 0.15) is 18.1 Å². The predicted molar refractivity (Wildman–Crippen MR) is 97.8 cm³/mol. The minimum Gasteiger partial charge on any atom is -0.373 e. The Morgan fingerprint density at radius 3 is 2.68 bits per heavy atom. The average molecular weight is 341 g/mol. The fourth-order valence-corrected chi connectivity index (χ4v) is 3.26. The lowest BCUT2D eigenvalue weighted by Gasteiger charge is -2.27. The summed E-state index contributed by atoms with van der Waals surface area (Å²) in [6.07, 6.45) is 0. The molecule has 0 aliphatic carbocycles. The summed E-state index contributed by atoms with van der Waals surface area (Å²) in [5.41, 5.74) is 3.35. The van der Waals surface area contributed by atoms with Crippen LogP contribution in [-0.4, -0.2) is 37.0 Å². The number of amides is 1. The highest BCUT2D eigenvalue weighted by Crippen LogP contribution is 2.25. The zero-order chi connectivity index (χ0) is 17.8. The molecule has 4 nitrogen and oxygen atoms in total. The molecule has 0 saturated carbocycles. The summed E-state index contributed by atoms with van der Waals surface area (Å²) in [5, 5.41) is 2.93. The van der Waals surface area contributed by atoms with E-state index in [2.05, 4.69) is 41.2 Å². The summed E-state index contributed by atoms with van der Waals surface area (Å²) >= 11 is 0. The summed E-state index contributed by atoms with van der Waals surface area (Å²) in [6.45, 7) is 4.55. The van der Waals surface area contributed by atoms with E-state index in [4.69, 9.17) is 0 Å². The molecule has 1 aliphatic heterocycles. The highest BCUT2D eigenvalue weighted by Gasteiger charge is 2.24. The molecule has 0 bridgehead atoms. The number of halogens is 1. The van der Waals surface area contributed by atoms with Crippen LogP contribution in [0.3, 0.4) is 0 Å². The van der Waals surface area contributed by atoms with Gasteiger partial charge in [-0.3, -0.25) is 9.69 Å². The van der Waals surface area contributed by atoms with Crippen molar-refractivity contribution in [3.05, 3.63) is 65.5 Å². The van der Waals surface area contributed by atoms with Gasteiger partial charge in [0.1, 0.15) is 5.82 Å². The second-order valence-corrected chi connectivity index (χ2v) is 6.67. The second-order valence-electron chi connectivity index (χ2n) is 6.67. The van der Waals surface area contributed by atoms with E-state index in [9.17, 15) is 9.18 Å². The molecule has 0 saturated heterocycles. The van der Waals surface area contributed by atoms with E-state index in [0.29, 0.717) is 13.1 Å². The fraction of sp³-hybridized carbons (Fsp3) is 0.350. The topological polar surface area (TPSA) is 35.6 Å². The first-order valence-electron chi connectivity index (χ1n) is 8.57. The van der Waals surface area contributed by atoms with Crippen molar-refractivity contribution < 1.29 is 9.18 Å². The van der Waals surface area contributed by atoms with Gasteiger partial charge in [-0.15, -0.1) is 0 Å². The third-order valence-electron chi connectivity index (χ3n) is 4.69. The van der Waals surface area contributed by atoms with Crippen molar-refractivity contribution in [2.45, 2.75) is 26.1 Å². The van der Waals surface area contributed by atoms with Gasteiger partial charge in [0.2, 0.25) is 5.91 Å². The van der Waals surface area contributed by atoms with Gasteiger partial charge in [0.25, 0.3) is 0 Å². The van der Waals surface area contributed by atoms with Gasteiger partial charge in [-0.05, 0) is 36.2 Å². The van der Waals surface area contributed by atoms with E-state index in [1.807, 2.05) is 12.1 Å². The number of carbonyl (C=O) groups is 1. The van der Waals surface area contributed by atoms with Crippen LogP contribution in [0.25, 0.3) is 0 Å². The van der Waals surface area contributed by atoms with Crippen molar-refractivity contribution in [2.24, 2.45) is 0 Å². The van der Waals surface area contributed by atoms with Crippen molar-refractivity contribution in [2.75, 3.05) is 25.0 Å². The molecule has 0 unspecified atom stereocenters. The number of hydrogen-bond donors (Lipinski definition) is 1. The lowest BCUT2D eigenvalue weighted by atomic mass is 10.1. The molecule has 0 spiro atoms. The number of rotatable bonds is 4. The second kappa shape index (κ2) is 7.66. The largest absolute Gasteiger partial charge is 0.373 e. The Morgan fingerprint density at radius 1 is 1.20 bits per heavy atom. The fourth-order valence-electron chi connectivity index (χ4n) is 3.26. The molecular formula is C20H24FN3O.